The molecule has 0 aliphatic carbocycles. The van der Waals surface area contributed by atoms with E-state index in [1.807, 2.05) is 36.4 Å². The predicted octanol–water partition coefficient (Wildman–Crippen LogP) is 4.69. The van der Waals surface area contributed by atoms with Crippen LogP contribution in [0.15, 0.2) is 53.4 Å². The van der Waals surface area contributed by atoms with Crippen molar-refractivity contribution in [3.05, 3.63) is 64.7 Å². The van der Waals surface area contributed by atoms with E-state index in [9.17, 15) is 5.11 Å². The number of hydrogen-bond donors (Lipinski definition) is 1. The molecule has 94 valence electrons. The van der Waals surface area contributed by atoms with Crippen LogP contribution in [0.2, 0.25) is 5.02 Å². The Hall–Kier alpha value is -0.960. The topological polar surface area (TPSA) is 20.2 Å². The molecule has 0 saturated heterocycles. The van der Waals surface area contributed by atoms with E-state index in [4.69, 9.17) is 11.6 Å². The second kappa shape index (κ2) is 6.28. The summed E-state index contributed by atoms with van der Waals surface area (Å²) in [6.45, 7) is 1.78. The Morgan fingerprint density at radius 3 is 2.67 bits per heavy atom. The smallest absolute Gasteiger partial charge is 0.0762 e. The first kappa shape index (κ1) is 13.5. The van der Waals surface area contributed by atoms with Crippen LogP contribution in [0.3, 0.4) is 0 Å². The van der Waals surface area contributed by atoms with E-state index in [1.165, 1.54) is 5.56 Å². The molecular weight excluding hydrogens is 264 g/mol. The summed E-state index contributed by atoms with van der Waals surface area (Å²) in [4.78, 5) is 1.16. The summed E-state index contributed by atoms with van der Waals surface area (Å²) >= 11 is 7.70. The molecule has 0 aliphatic heterocycles. The van der Waals surface area contributed by atoms with Gasteiger partial charge in [-0.2, -0.15) is 0 Å². The van der Waals surface area contributed by atoms with Crippen molar-refractivity contribution < 1.29 is 5.11 Å². The maximum atomic E-state index is 9.54. The Morgan fingerprint density at radius 2 is 1.94 bits per heavy atom. The van der Waals surface area contributed by atoms with Crippen LogP contribution in [0.1, 0.15) is 24.2 Å². The van der Waals surface area contributed by atoms with Gasteiger partial charge in [0.2, 0.25) is 0 Å². The maximum absolute atomic E-state index is 9.54. The molecule has 3 heteroatoms. The summed E-state index contributed by atoms with van der Waals surface area (Å²) in [5.41, 5.74) is 2.15. The van der Waals surface area contributed by atoms with Crippen molar-refractivity contribution in [1.29, 1.82) is 0 Å². The van der Waals surface area contributed by atoms with Gasteiger partial charge in [-0.1, -0.05) is 35.9 Å². The normalized spacial score (nSPS) is 12.4. The third-order valence-corrected chi connectivity index (χ3v) is 3.94. The molecule has 0 amide bonds. The van der Waals surface area contributed by atoms with Gasteiger partial charge in [-0.05, 0) is 42.3 Å². The number of aliphatic hydroxyl groups excluding tert-OH is 1. The molecule has 0 saturated carbocycles. The van der Waals surface area contributed by atoms with Gasteiger partial charge in [0.1, 0.15) is 0 Å². The lowest BCUT2D eigenvalue weighted by molar-refractivity contribution is 0.199. The molecule has 0 bridgehead atoms. The van der Waals surface area contributed by atoms with Gasteiger partial charge >= 0.3 is 0 Å². The molecule has 0 aliphatic rings. The number of thioether (sulfide) groups is 1. The van der Waals surface area contributed by atoms with Crippen LogP contribution < -0.4 is 0 Å². The van der Waals surface area contributed by atoms with Crippen molar-refractivity contribution in [2.75, 3.05) is 0 Å². The van der Waals surface area contributed by atoms with E-state index in [1.54, 1.807) is 18.7 Å². The largest absolute Gasteiger partial charge is 0.389 e. The molecule has 0 spiro atoms. The van der Waals surface area contributed by atoms with E-state index in [0.29, 0.717) is 0 Å². The van der Waals surface area contributed by atoms with Crippen LogP contribution in [-0.2, 0) is 5.75 Å². The molecule has 1 unspecified atom stereocenters. The van der Waals surface area contributed by atoms with Crippen LogP contribution in [-0.4, -0.2) is 5.11 Å². The minimum Gasteiger partial charge on any atom is -0.389 e. The van der Waals surface area contributed by atoms with Crippen LogP contribution in [0.5, 0.6) is 0 Å². The van der Waals surface area contributed by atoms with E-state index in [-0.39, 0.29) is 0 Å². The first-order valence-electron chi connectivity index (χ1n) is 5.80. The molecular formula is C15H15ClOS. The lowest BCUT2D eigenvalue weighted by Crippen LogP contribution is -1.90. The third kappa shape index (κ3) is 3.77. The van der Waals surface area contributed by atoms with Gasteiger partial charge in [-0.25, -0.2) is 0 Å². The summed E-state index contributed by atoms with van der Waals surface area (Å²) in [6.07, 6.45) is -0.420. The highest BCUT2D eigenvalue weighted by Gasteiger charge is 2.02. The molecule has 1 atom stereocenters. The highest BCUT2D eigenvalue weighted by atomic mass is 35.5. The summed E-state index contributed by atoms with van der Waals surface area (Å²) < 4.78 is 0. The Balaban J connectivity index is 2.04. The molecule has 0 aromatic heterocycles. The standard InChI is InChI=1S/C15H15ClOS/c1-11(17)13-5-3-7-15(9-13)18-10-12-4-2-6-14(16)8-12/h2-9,11,17H,10H2,1H3. The van der Waals surface area contributed by atoms with E-state index in [2.05, 4.69) is 12.1 Å². The monoisotopic (exact) mass is 278 g/mol. The minimum absolute atomic E-state index is 0.420. The van der Waals surface area contributed by atoms with Gasteiger partial charge in [0.25, 0.3) is 0 Å². The highest BCUT2D eigenvalue weighted by Crippen LogP contribution is 2.26. The third-order valence-electron chi connectivity index (χ3n) is 2.64. The molecule has 2 rings (SSSR count). The number of hydrogen-bond acceptors (Lipinski definition) is 2. The predicted molar refractivity (Wildman–Crippen MR) is 78.1 cm³/mol. The molecule has 2 aromatic rings. The van der Waals surface area contributed by atoms with E-state index >= 15 is 0 Å². The molecule has 18 heavy (non-hydrogen) atoms. The van der Waals surface area contributed by atoms with Gasteiger partial charge in [0.05, 0.1) is 6.10 Å². The van der Waals surface area contributed by atoms with Crippen LogP contribution in [0, 0.1) is 0 Å². The van der Waals surface area contributed by atoms with Gasteiger partial charge < -0.3 is 5.11 Å². The summed E-state index contributed by atoms with van der Waals surface area (Å²) in [7, 11) is 0. The zero-order valence-corrected chi connectivity index (χ0v) is 11.7. The zero-order valence-electron chi connectivity index (χ0n) is 10.1. The van der Waals surface area contributed by atoms with Crippen LogP contribution in [0.4, 0.5) is 0 Å². The Morgan fingerprint density at radius 1 is 1.17 bits per heavy atom. The van der Waals surface area contributed by atoms with Crippen molar-refractivity contribution in [3.63, 3.8) is 0 Å². The minimum atomic E-state index is -0.420. The van der Waals surface area contributed by atoms with Crippen molar-refractivity contribution in [1.82, 2.24) is 0 Å². The lowest BCUT2D eigenvalue weighted by atomic mass is 10.1. The van der Waals surface area contributed by atoms with Crippen molar-refractivity contribution >= 4 is 23.4 Å². The van der Waals surface area contributed by atoms with E-state index in [0.717, 1.165) is 21.2 Å². The van der Waals surface area contributed by atoms with Gasteiger partial charge in [-0.3, -0.25) is 0 Å². The number of aliphatic hydroxyl groups is 1. The van der Waals surface area contributed by atoms with E-state index < -0.39 is 6.10 Å². The summed E-state index contributed by atoms with van der Waals surface area (Å²) in [5.74, 6) is 0.879. The molecule has 0 fully saturated rings. The van der Waals surface area contributed by atoms with Gasteiger partial charge in [-0.15, -0.1) is 11.8 Å². The number of halogens is 1. The molecule has 2 aromatic carbocycles. The van der Waals surface area contributed by atoms with Crippen LogP contribution in [0.25, 0.3) is 0 Å². The molecule has 0 heterocycles. The van der Waals surface area contributed by atoms with Crippen LogP contribution >= 0.6 is 23.4 Å². The first-order chi connectivity index (χ1) is 8.65. The maximum Gasteiger partial charge on any atom is 0.0762 e. The fourth-order valence-electron chi connectivity index (χ4n) is 1.66. The summed E-state index contributed by atoms with van der Waals surface area (Å²) in [6, 6.07) is 15.9. The lowest BCUT2D eigenvalue weighted by Gasteiger charge is -2.07. The second-order valence-corrected chi connectivity index (χ2v) is 5.65. The van der Waals surface area contributed by atoms with Gasteiger partial charge in [0, 0.05) is 15.7 Å². The Bertz CT molecular complexity index is 525. The average Bonchev–Trinajstić information content (AvgIpc) is 2.37. The number of benzene rings is 2. The Labute approximate surface area is 117 Å². The highest BCUT2D eigenvalue weighted by molar-refractivity contribution is 7.98. The zero-order chi connectivity index (χ0) is 13.0. The molecule has 0 radical (unpaired) electrons. The van der Waals surface area contributed by atoms with Crippen molar-refractivity contribution in [2.45, 2.75) is 23.7 Å². The molecule has 1 nitrogen and oxygen atoms in total. The SMILES string of the molecule is CC(O)c1cccc(SCc2cccc(Cl)c2)c1. The second-order valence-electron chi connectivity index (χ2n) is 4.17. The fraction of sp³-hybridized carbons (Fsp3) is 0.200. The first-order valence-corrected chi connectivity index (χ1v) is 7.17. The molecule has 1 N–H and O–H groups in total. The van der Waals surface area contributed by atoms with Crippen molar-refractivity contribution in [2.24, 2.45) is 0 Å². The summed E-state index contributed by atoms with van der Waals surface area (Å²) in [5, 5.41) is 10.3. The fourth-order valence-corrected chi connectivity index (χ4v) is 2.78. The average molecular weight is 279 g/mol. The van der Waals surface area contributed by atoms with Gasteiger partial charge in [0.15, 0.2) is 0 Å². The quantitative estimate of drug-likeness (QED) is 0.819. The number of rotatable bonds is 4. The Kier molecular flexibility index (Phi) is 4.70. The van der Waals surface area contributed by atoms with Crippen molar-refractivity contribution in [3.8, 4) is 0 Å².